The van der Waals surface area contributed by atoms with Crippen LogP contribution in [-0.2, 0) is 23.2 Å². The number of hydrogen-bond donors (Lipinski definition) is 2. The van der Waals surface area contributed by atoms with Crippen LogP contribution in [0.3, 0.4) is 0 Å². The maximum atomic E-state index is 11.0. The molecule has 0 aromatic heterocycles. The highest BCUT2D eigenvalue weighted by Crippen LogP contribution is 2.40. The largest absolute Gasteiger partial charge is 0.488 e. The summed E-state index contributed by atoms with van der Waals surface area (Å²) in [6.07, 6.45) is 1.84. The topological polar surface area (TPSA) is 94.1 Å². The molecule has 0 rings (SSSR count). The molecule has 96 valence electrons. The van der Waals surface area contributed by atoms with Gasteiger partial charge < -0.3 is 9.63 Å². The van der Waals surface area contributed by atoms with Crippen LogP contribution in [0.1, 0.15) is 26.2 Å². The lowest BCUT2D eigenvalue weighted by atomic mass is 10.3. The highest BCUT2D eigenvalue weighted by Gasteiger charge is 2.18. The SMILES string of the molecule is CCCCOC(=O)CCNOP(=O)(O)OC. The lowest BCUT2D eigenvalue weighted by Crippen LogP contribution is -2.19. The van der Waals surface area contributed by atoms with Crippen molar-refractivity contribution in [2.45, 2.75) is 26.2 Å². The monoisotopic (exact) mass is 255 g/mol. The molecule has 1 unspecified atom stereocenters. The number of phosphoric ester groups is 1. The van der Waals surface area contributed by atoms with E-state index in [1.54, 1.807) is 0 Å². The predicted molar refractivity (Wildman–Crippen MR) is 56.4 cm³/mol. The molecule has 0 bridgehead atoms. The number of unbranched alkanes of at least 4 members (excludes halogenated alkanes) is 1. The summed E-state index contributed by atoms with van der Waals surface area (Å²) in [7, 11) is -2.98. The highest BCUT2D eigenvalue weighted by molar-refractivity contribution is 7.47. The standard InChI is InChI=1S/C8H18NO6P/c1-3-4-7-14-8(10)5-6-9-15-16(11,12)13-2/h9H,3-7H2,1-2H3,(H,11,12). The summed E-state index contributed by atoms with van der Waals surface area (Å²) in [6.45, 7) is 2.47. The van der Waals surface area contributed by atoms with Crippen molar-refractivity contribution < 1.29 is 28.1 Å². The van der Waals surface area contributed by atoms with E-state index in [9.17, 15) is 9.36 Å². The summed E-state index contributed by atoms with van der Waals surface area (Å²) in [6, 6.07) is 0. The van der Waals surface area contributed by atoms with Gasteiger partial charge in [-0.1, -0.05) is 13.3 Å². The number of carbonyl (C=O) groups excluding carboxylic acids is 1. The first-order valence-electron chi connectivity index (χ1n) is 4.97. The van der Waals surface area contributed by atoms with Gasteiger partial charge in [-0.15, -0.1) is 0 Å². The third-order valence-corrected chi connectivity index (χ3v) is 2.42. The number of ether oxygens (including phenoxy) is 1. The Balaban J connectivity index is 3.44. The van der Waals surface area contributed by atoms with Gasteiger partial charge in [0.25, 0.3) is 0 Å². The molecule has 0 heterocycles. The number of hydroxylamine groups is 1. The van der Waals surface area contributed by atoms with Gasteiger partial charge >= 0.3 is 13.8 Å². The highest BCUT2D eigenvalue weighted by atomic mass is 31.2. The molecule has 8 heteroatoms. The summed E-state index contributed by atoms with van der Waals surface area (Å²) >= 11 is 0. The fourth-order valence-corrected chi connectivity index (χ4v) is 1.05. The lowest BCUT2D eigenvalue weighted by molar-refractivity contribution is -0.144. The third kappa shape index (κ3) is 8.82. The molecule has 0 aliphatic rings. The second kappa shape index (κ2) is 8.66. The van der Waals surface area contributed by atoms with Gasteiger partial charge in [0.15, 0.2) is 0 Å². The molecule has 0 aromatic rings. The Hall–Kier alpha value is -0.460. The molecule has 0 aliphatic heterocycles. The number of phosphoric acid groups is 1. The van der Waals surface area contributed by atoms with E-state index >= 15 is 0 Å². The van der Waals surface area contributed by atoms with Gasteiger partial charge in [0.05, 0.1) is 13.0 Å². The van der Waals surface area contributed by atoms with Crippen molar-refractivity contribution in [2.75, 3.05) is 20.3 Å². The van der Waals surface area contributed by atoms with Crippen LogP contribution in [0.5, 0.6) is 0 Å². The quantitative estimate of drug-likeness (QED) is 0.274. The van der Waals surface area contributed by atoms with Gasteiger partial charge in [-0.3, -0.25) is 9.32 Å². The average Bonchev–Trinajstić information content (AvgIpc) is 2.25. The van der Waals surface area contributed by atoms with Gasteiger partial charge in [0, 0.05) is 13.7 Å². The smallest absolute Gasteiger partial charge is 0.466 e. The number of esters is 1. The zero-order valence-corrected chi connectivity index (χ0v) is 10.4. The summed E-state index contributed by atoms with van der Waals surface area (Å²) in [5, 5.41) is 0. The van der Waals surface area contributed by atoms with Gasteiger partial charge in [0.2, 0.25) is 0 Å². The van der Waals surface area contributed by atoms with Crippen LogP contribution in [0.15, 0.2) is 0 Å². The molecule has 0 radical (unpaired) electrons. The van der Waals surface area contributed by atoms with Crippen LogP contribution in [0.25, 0.3) is 0 Å². The molecule has 7 nitrogen and oxygen atoms in total. The molecule has 0 aliphatic carbocycles. The van der Waals surface area contributed by atoms with Crippen LogP contribution >= 0.6 is 7.82 Å². The van der Waals surface area contributed by atoms with Crippen molar-refractivity contribution in [1.82, 2.24) is 5.48 Å². The van der Waals surface area contributed by atoms with Crippen molar-refractivity contribution in [3.05, 3.63) is 0 Å². The molecule has 0 saturated carbocycles. The Morgan fingerprint density at radius 2 is 2.19 bits per heavy atom. The molecule has 0 aromatic carbocycles. The van der Waals surface area contributed by atoms with Crippen LogP contribution in [-0.4, -0.2) is 31.1 Å². The number of carbonyl (C=O) groups is 1. The van der Waals surface area contributed by atoms with Crippen LogP contribution in [0.4, 0.5) is 0 Å². The van der Waals surface area contributed by atoms with E-state index in [1.807, 2.05) is 6.92 Å². The summed E-state index contributed by atoms with van der Waals surface area (Å²) in [5.41, 5.74) is 2.16. The van der Waals surface area contributed by atoms with E-state index < -0.39 is 7.82 Å². The minimum atomic E-state index is -4.02. The van der Waals surface area contributed by atoms with E-state index in [4.69, 9.17) is 9.63 Å². The van der Waals surface area contributed by atoms with E-state index in [1.165, 1.54) is 0 Å². The summed E-state index contributed by atoms with van der Waals surface area (Å²) in [4.78, 5) is 19.8. The maximum Gasteiger partial charge on any atom is 0.488 e. The summed E-state index contributed by atoms with van der Waals surface area (Å²) < 4.78 is 24.0. The molecule has 0 spiro atoms. The minimum absolute atomic E-state index is 0.0629. The molecule has 2 N–H and O–H groups in total. The first-order valence-corrected chi connectivity index (χ1v) is 6.47. The molecule has 1 atom stereocenters. The van der Waals surface area contributed by atoms with Crippen molar-refractivity contribution in [3.63, 3.8) is 0 Å². The first-order chi connectivity index (χ1) is 7.52. The Morgan fingerprint density at radius 1 is 1.50 bits per heavy atom. The van der Waals surface area contributed by atoms with Gasteiger partial charge in [0.1, 0.15) is 0 Å². The van der Waals surface area contributed by atoms with E-state index in [0.29, 0.717) is 6.61 Å². The molecule has 0 amide bonds. The summed E-state index contributed by atoms with van der Waals surface area (Å²) in [5.74, 6) is -0.380. The van der Waals surface area contributed by atoms with Crippen molar-refractivity contribution in [3.8, 4) is 0 Å². The molecule has 0 fully saturated rings. The Morgan fingerprint density at radius 3 is 2.75 bits per heavy atom. The zero-order valence-electron chi connectivity index (χ0n) is 9.47. The Bertz CT molecular complexity index is 247. The van der Waals surface area contributed by atoms with Crippen molar-refractivity contribution in [1.29, 1.82) is 0 Å². The van der Waals surface area contributed by atoms with Crippen LogP contribution < -0.4 is 5.48 Å². The van der Waals surface area contributed by atoms with Crippen LogP contribution in [0.2, 0.25) is 0 Å². The van der Waals surface area contributed by atoms with Gasteiger partial charge in [-0.25, -0.2) is 4.57 Å². The number of rotatable bonds is 9. The van der Waals surface area contributed by atoms with Crippen molar-refractivity contribution in [2.24, 2.45) is 0 Å². The molecule has 16 heavy (non-hydrogen) atoms. The normalized spacial score (nSPS) is 14.4. The zero-order chi connectivity index (χ0) is 12.4. The fraction of sp³-hybridized carbons (Fsp3) is 0.875. The molecule has 0 saturated heterocycles. The van der Waals surface area contributed by atoms with Crippen molar-refractivity contribution >= 4 is 13.8 Å². The fourth-order valence-electron chi connectivity index (χ4n) is 0.720. The van der Waals surface area contributed by atoms with E-state index in [-0.39, 0.29) is 18.9 Å². The van der Waals surface area contributed by atoms with E-state index in [2.05, 4.69) is 14.6 Å². The number of nitrogens with one attached hydrogen (secondary N) is 1. The second-order valence-corrected chi connectivity index (χ2v) is 4.45. The average molecular weight is 255 g/mol. The first kappa shape index (κ1) is 15.5. The maximum absolute atomic E-state index is 11.0. The second-order valence-electron chi connectivity index (χ2n) is 2.96. The van der Waals surface area contributed by atoms with Crippen LogP contribution in [0, 0.1) is 0 Å². The molecular weight excluding hydrogens is 237 g/mol. The molecular formula is C8H18NO6P. The number of hydrogen-bond acceptors (Lipinski definition) is 6. The van der Waals surface area contributed by atoms with Gasteiger partial charge in [-0.05, 0) is 6.42 Å². The van der Waals surface area contributed by atoms with E-state index in [0.717, 1.165) is 20.0 Å². The Kier molecular flexibility index (Phi) is 8.42. The minimum Gasteiger partial charge on any atom is -0.466 e. The third-order valence-electron chi connectivity index (χ3n) is 1.60. The predicted octanol–water partition coefficient (Wildman–Crippen LogP) is 0.988. The Labute approximate surface area is 94.6 Å². The lowest BCUT2D eigenvalue weighted by Gasteiger charge is -2.09. The van der Waals surface area contributed by atoms with Gasteiger partial charge in [-0.2, -0.15) is 10.1 Å².